The van der Waals surface area contributed by atoms with Crippen molar-refractivity contribution in [2.75, 3.05) is 0 Å². The van der Waals surface area contributed by atoms with Crippen LogP contribution in [0.5, 0.6) is 5.75 Å². The average Bonchev–Trinajstić information content (AvgIpc) is 2.46. The van der Waals surface area contributed by atoms with Crippen molar-refractivity contribution in [3.8, 4) is 5.75 Å². The highest BCUT2D eigenvalue weighted by molar-refractivity contribution is 5.99. The molecule has 1 aliphatic rings. The molecule has 0 radical (unpaired) electrons. The van der Waals surface area contributed by atoms with E-state index < -0.39 is 0 Å². The van der Waals surface area contributed by atoms with E-state index in [1.807, 2.05) is 42.5 Å². The molecule has 0 bridgehead atoms. The lowest BCUT2D eigenvalue weighted by Gasteiger charge is -2.25. The lowest BCUT2D eigenvalue weighted by atomic mass is 9.98. The number of nitrogens with zero attached hydrogens (tertiary/aromatic N) is 1. The second-order valence-electron chi connectivity index (χ2n) is 4.72. The average molecular weight is 253 g/mol. The van der Waals surface area contributed by atoms with Crippen LogP contribution in [0.4, 0.5) is 0 Å². The topological polar surface area (TPSA) is 39.2 Å². The molecule has 0 saturated carbocycles. The van der Waals surface area contributed by atoms with Crippen molar-refractivity contribution < 1.29 is 9.53 Å². The van der Waals surface area contributed by atoms with Crippen LogP contribution in [-0.4, -0.2) is 16.9 Å². The number of fused-ring (bicyclic) bond motifs is 1. The molecule has 2 heterocycles. The first kappa shape index (κ1) is 11.9. The summed E-state index contributed by atoms with van der Waals surface area (Å²) >= 11 is 0. The molecular weight excluding hydrogens is 238 g/mol. The summed E-state index contributed by atoms with van der Waals surface area (Å²) in [5.41, 5.74) is 1.74. The Balaban J connectivity index is 1.67. The number of benzene rings is 1. The second-order valence-corrected chi connectivity index (χ2v) is 4.72. The van der Waals surface area contributed by atoms with Crippen molar-refractivity contribution in [1.29, 1.82) is 0 Å². The maximum Gasteiger partial charge on any atom is 0.170 e. The van der Waals surface area contributed by atoms with E-state index in [0.717, 1.165) is 18.5 Å². The van der Waals surface area contributed by atoms with Gasteiger partial charge in [0, 0.05) is 18.3 Å². The van der Waals surface area contributed by atoms with E-state index in [0.29, 0.717) is 17.7 Å². The molecule has 0 fully saturated rings. The van der Waals surface area contributed by atoms with Crippen LogP contribution in [0.15, 0.2) is 48.7 Å². The molecule has 19 heavy (non-hydrogen) atoms. The summed E-state index contributed by atoms with van der Waals surface area (Å²) in [6.45, 7) is 0. The molecule has 0 amide bonds. The van der Waals surface area contributed by atoms with Crippen molar-refractivity contribution in [2.45, 2.75) is 25.4 Å². The largest absolute Gasteiger partial charge is 0.489 e. The fourth-order valence-electron chi connectivity index (χ4n) is 2.35. The molecule has 1 atom stereocenters. The fraction of sp³-hybridized carbons (Fsp3) is 0.250. The standard InChI is InChI=1S/C16H15NO2/c18-15-11-13(9-8-12-5-3-4-10-17-12)19-16-7-2-1-6-14(15)16/h1-7,10,13H,8-9,11H2. The van der Waals surface area contributed by atoms with E-state index in [2.05, 4.69) is 4.98 Å². The van der Waals surface area contributed by atoms with Gasteiger partial charge in [-0.15, -0.1) is 0 Å². The van der Waals surface area contributed by atoms with Crippen LogP contribution in [0.1, 0.15) is 28.9 Å². The number of pyridine rings is 1. The quantitative estimate of drug-likeness (QED) is 0.844. The molecule has 0 N–H and O–H groups in total. The molecule has 0 spiro atoms. The summed E-state index contributed by atoms with van der Waals surface area (Å²) in [5.74, 6) is 0.887. The third-order valence-corrected chi connectivity index (χ3v) is 3.34. The zero-order valence-corrected chi connectivity index (χ0v) is 10.6. The summed E-state index contributed by atoms with van der Waals surface area (Å²) in [6.07, 6.45) is 3.86. The molecule has 3 nitrogen and oxygen atoms in total. The molecule has 1 aromatic carbocycles. The van der Waals surface area contributed by atoms with Gasteiger partial charge in [0.05, 0.1) is 5.56 Å². The van der Waals surface area contributed by atoms with E-state index in [-0.39, 0.29) is 11.9 Å². The third kappa shape index (κ3) is 2.65. The van der Waals surface area contributed by atoms with Crippen LogP contribution in [-0.2, 0) is 6.42 Å². The Hall–Kier alpha value is -2.16. The lowest BCUT2D eigenvalue weighted by Crippen LogP contribution is -2.27. The predicted octanol–water partition coefficient (Wildman–Crippen LogP) is 3.05. The summed E-state index contributed by atoms with van der Waals surface area (Å²) < 4.78 is 5.88. The molecule has 96 valence electrons. The van der Waals surface area contributed by atoms with Gasteiger partial charge in [-0.05, 0) is 37.1 Å². The van der Waals surface area contributed by atoms with Gasteiger partial charge >= 0.3 is 0 Å². The highest BCUT2D eigenvalue weighted by Crippen LogP contribution is 2.28. The SMILES string of the molecule is O=C1CC(CCc2ccccn2)Oc2ccccc21. The number of para-hydroxylation sites is 1. The summed E-state index contributed by atoms with van der Waals surface area (Å²) in [4.78, 5) is 16.3. The molecule has 3 heteroatoms. The molecule has 1 aromatic heterocycles. The van der Waals surface area contributed by atoms with Crippen LogP contribution in [0, 0.1) is 0 Å². The summed E-state index contributed by atoms with van der Waals surface area (Å²) in [5, 5.41) is 0. The molecule has 2 aromatic rings. The molecule has 3 rings (SSSR count). The minimum atomic E-state index is -0.0376. The van der Waals surface area contributed by atoms with Crippen LogP contribution < -0.4 is 4.74 Å². The van der Waals surface area contributed by atoms with Gasteiger partial charge in [0.1, 0.15) is 11.9 Å². The van der Waals surface area contributed by atoms with E-state index in [1.165, 1.54) is 0 Å². The zero-order chi connectivity index (χ0) is 13.1. The third-order valence-electron chi connectivity index (χ3n) is 3.34. The first-order chi connectivity index (χ1) is 9.33. The van der Waals surface area contributed by atoms with E-state index in [9.17, 15) is 4.79 Å². The van der Waals surface area contributed by atoms with Gasteiger partial charge in [-0.1, -0.05) is 18.2 Å². The number of hydrogen-bond donors (Lipinski definition) is 0. The zero-order valence-electron chi connectivity index (χ0n) is 10.6. The smallest absolute Gasteiger partial charge is 0.170 e. The summed E-state index contributed by atoms with van der Waals surface area (Å²) in [7, 11) is 0. The van der Waals surface area contributed by atoms with Crippen LogP contribution in [0.2, 0.25) is 0 Å². The Labute approximate surface area is 112 Å². The van der Waals surface area contributed by atoms with Gasteiger partial charge in [0.25, 0.3) is 0 Å². The lowest BCUT2D eigenvalue weighted by molar-refractivity contribution is 0.0839. The van der Waals surface area contributed by atoms with Crippen LogP contribution in [0.25, 0.3) is 0 Å². The summed E-state index contributed by atoms with van der Waals surface area (Å²) in [6, 6.07) is 13.3. The number of carbonyl (C=O) groups excluding carboxylic acids is 1. The van der Waals surface area contributed by atoms with E-state index in [4.69, 9.17) is 4.74 Å². The van der Waals surface area contributed by atoms with Crippen molar-refractivity contribution in [2.24, 2.45) is 0 Å². The van der Waals surface area contributed by atoms with Gasteiger partial charge < -0.3 is 4.74 Å². The first-order valence-corrected chi connectivity index (χ1v) is 6.52. The molecule has 0 aliphatic carbocycles. The van der Waals surface area contributed by atoms with Gasteiger partial charge in [-0.3, -0.25) is 9.78 Å². The number of carbonyl (C=O) groups is 1. The Kier molecular flexibility index (Phi) is 3.27. The second kappa shape index (κ2) is 5.22. The van der Waals surface area contributed by atoms with Crippen molar-refractivity contribution >= 4 is 5.78 Å². The number of Topliss-reactive ketones (excluding diaryl/α,β-unsaturated/α-hetero) is 1. The maximum atomic E-state index is 12.0. The fourth-order valence-corrected chi connectivity index (χ4v) is 2.35. The molecule has 1 unspecified atom stereocenters. The van der Waals surface area contributed by atoms with Crippen LogP contribution in [0.3, 0.4) is 0 Å². The Morgan fingerprint density at radius 2 is 2.00 bits per heavy atom. The minimum Gasteiger partial charge on any atom is -0.489 e. The number of hydrogen-bond acceptors (Lipinski definition) is 3. The van der Waals surface area contributed by atoms with Gasteiger partial charge in [-0.2, -0.15) is 0 Å². The number of ether oxygens (including phenoxy) is 1. The van der Waals surface area contributed by atoms with Crippen molar-refractivity contribution in [1.82, 2.24) is 4.98 Å². The Morgan fingerprint density at radius 1 is 1.16 bits per heavy atom. The van der Waals surface area contributed by atoms with Crippen LogP contribution >= 0.6 is 0 Å². The molecule has 0 saturated heterocycles. The van der Waals surface area contributed by atoms with Crippen molar-refractivity contribution in [3.63, 3.8) is 0 Å². The number of aryl methyl sites for hydroxylation is 1. The monoisotopic (exact) mass is 253 g/mol. The normalized spacial score (nSPS) is 17.7. The Bertz CT molecular complexity index is 580. The molecule has 1 aliphatic heterocycles. The van der Waals surface area contributed by atoms with E-state index in [1.54, 1.807) is 6.20 Å². The number of aromatic nitrogens is 1. The van der Waals surface area contributed by atoms with E-state index >= 15 is 0 Å². The van der Waals surface area contributed by atoms with Gasteiger partial charge in [0.15, 0.2) is 5.78 Å². The predicted molar refractivity (Wildman–Crippen MR) is 72.4 cm³/mol. The number of rotatable bonds is 3. The van der Waals surface area contributed by atoms with Crippen molar-refractivity contribution in [3.05, 3.63) is 59.9 Å². The highest BCUT2D eigenvalue weighted by atomic mass is 16.5. The first-order valence-electron chi connectivity index (χ1n) is 6.52. The Morgan fingerprint density at radius 3 is 2.84 bits per heavy atom. The molecular formula is C16H15NO2. The maximum absolute atomic E-state index is 12.0. The number of ketones is 1. The van der Waals surface area contributed by atoms with Gasteiger partial charge in [0.2, 0.25) is 0 Å². The highest BCUT2D eigenvalue weighted by Gasteiger charge is 2.25. The minimum absolute atomic E-state index is 0.0376. The van der Waals surface area contributed by atoms with Gasteiger partial charge in [-0.25, -0.2) is 0 Å².